The molecule has 0 aliphatic carbocycles. The molecule has 2 heterocycles. The van der Waals surface area contributed by atoms with Crippen molar-refractivity contribution in [2.45, 2.75) is 19.4 Å². The van der Waals surface area contributed by atoms with Gasteiger partial charge in [0.1, 0.15) is 11.6 Å². The van der Waals surface area contributed by atoms with Crippen molar-refractivity contribution < 1.29 is 9.66 Å². The Kier molecular flexibility index (Phi) is 2.04. The lowest BCUT2D eigenvalue weighted by atomic mass is 10.2. The van der Waals surface area contributed by atoms with E-state index >= 15 is 0 Å². The van der Waals surface area contributed by atoms with E-state index in [1.807, 2.05) is 10.6 Å². The van der Waals surface area contributed by atoms with Gasteiger partial charge in [-0.25, -0.2) is 4.98 Å². The standard InChI is InChI=1S/C11H11N3O3/c1-17-7-5-8-11(9(6-7)14(15)16)12-10-3-2-4-13(8)10/h5-6H,2-4H2,1H3. The Hall–Kier alpha value is -2.11. The van der Waals surface area contributed by atoms with Gasteiger partial charge in [-0.05, 0) is 6.42 Å². The van der Waals surface area contributed by atoms with E-state index in [9.17, 15) is 10.1 Å². The molecule has 17 heavy (non-hydrogen) atoms. The number of rotatable bonds is 2. The Bertz CT molecular complexity index is 618. The molecule has 0 atom stereocenters. The number of nitro groups is 1. The van der Waals surface area contributed by atoms with E-state index < -0.39 is 4.92 Å². The second-order valence-electron chi connectivity index (χ2n) is 4.05. The van der Waals surface area contributed by atoms with Gasteiger partial charge in [0.05, 0.1) is 23.6 Å². The molecule has 0 bridgehead atoms. The molecule has 88 valence electrons. The van der Waals surface area contributed by atoms with Gasteiger partial charge in [-0.2, -0.15) is 0 Å². The number of nitrogens with zero attached hydrogens (tertiary/aromatic N) is 3. The van der Waals surface area contributed by atoms with Gasteiger partial charge in [0, 0.05) is 19.0 Å². The lowest BCUT2D eigenvalue weighted by Crippen LogP contribution is -1.94. The van der Waals surface area contributed by atoms with Gasteiger partial charge in [0.15, 0.2) is 5.52 Å². The quantitative estimate of drug-likeness (QED) is 0.586. The number of nitro benzene ring substituents is 1. The first kappa shape index (κ1) is 10.1. The minimum absolute atomic E-state index is 0.0150. The highest BCUT2D eigenvalue weighted by Crippen LogP contribution is 2.33. The van der Waals surface area contributed by atoms with Crippen LogP contribution in [-0.2, 0) is 13.0 Å². The smallest absolute Gasteiger partial charge is 0.300 e. The second kappa shape index (κ2) is 3.44. The Balaban J connectivity index is 2.36. The molecule has 0 fully saturated rings. The lowest BCUT2D eigenvalue weighted by molar-refractivity contribution is -0.383. The van der Waals surface area contributed by atoms with E-state index in [0.29, 0.717) is 11.3 Å². The molecule has 2 aromatic rings. The SMILES string of the molecule is COc1cc([N+](=O)[O-])c2nc3n(c2c1)CCC3. The van der Waals surface area contributed by atoms with Crippen molar-refractivity contribution in [2.75, 3.05) is 7.11 Å². The Morgan fingerprint density at radius 2 is 2.35 bits per heavy atom. The highest BCUT2D eigenvalue weighted by molar-refractivity contribution is 5.87. The van der Waals surface area contributed by atoms with Gasteiger partial charge < -0.3 is 9.30 Å². The van der Waals surface area contributed by atoms with Crippen molar-refractivity contribution >= 4 is 16.7 Å². The number of hydrogen-bond acceptors (Lipinski definition) is 4. The van der Waals surface area contributed by atoms with Crippen LogP contribution in [0.4, 0.5) is 5.69 Å². The summed E-state index contributed by atoms with van der Waals surface area (Å²) in [5.41, 5.74) is 1.27. The zero-order chi connectivity index (χ0) is 12.0. The summed E-state index contributed by atoms with van der Waals surface area (Å²) in [5, 5.41) is 11.0. The average Bonchev–Trinajstić information content (AvgIpc) is 2.87. The predicted molar refractivity (Wildman–Crippen MR) is 61.3 cm³/mol. The van der Waals surface area contributed by atoms with Gasteiger partial charge in [0.2, 0.25) is 0 Å². The summed E-state index contributed by atoms with van der Waals surface area (Å²) >= 11 is 0. The molecule has 1 aromatic heterocycles. The highest BCUT2D eigenvalue weighted by atomic mass is 16.6. The summed E-state index contributed by atoms with van der Waals surface area (Å²) in [7, 11) is 1.51. The van der Waals surface area contributed by atoms with Crippen LogP contribution in [0.1, 0.15) is 12.2 Å². The summed E-state index contributed by atoms with van der Waals surface area (Å²) < 4.78 is 7.13. The predicted octanol–water partition coefficient (Wildman–Crippen LogP) is 1.90. The van der Waals surface area contributed by atoms with Gasteiger partial charge in [-0.3, -0.25) is 10.1 Å². The molecular formula is C11H11N3O3. The number of imidazole rings is 1. The molecule has 0 saturated carbocycles. The third kappa shape index (κ3) is 1.37. The first-order valence-corrected chi connectivity index (χ1v) is 5.42. The van der Waals surface area contributed by atoms with E-state index in [1.165, 1.54) is 13.2 Å². The summed E-state index contributed by atoms with van der Waals surface area (Å²) in [6.45, 7) is 0.871. The van der Waals surface area contributed by atoms with Crippen molar-refractivity contribution in [1.29, 1.82) is 0 Å². The number of ether oxygens (including phenoxy) is 1. The molecule has 6 heteroatoms. The van der Waals surface area contributed by atoms with Crippen LogP contribution in [-0.4, -0.2) is 21.6 Å². The molecule has 6 nitrogen and oxygen atoms in total. The van der Waals surface area contributed by atoms with E-state index in [4.69, 9.17) is 4.74 Å². The van der Waals surface area contributed by atoms with Crippen LogP contribution in [0.25, 0.3) is 11.0 Å². The topological polar surface area (TPSA) is 70.2 Å². The number of aromatic nitrogens is 2. The Morgan fingerprint density at radius 3 is 3.06 bits per heavy atom. The molecule has 0 amide bonds. The summed E-state index contributed by atoms with van der Waals surface area (Å²) in [6, 6.07) is 3.23. The molecule has 0 unspecified atom stereocenters. The van der Waals surface area contributed by atoms with Crippen LogP contribution >= 0.6 is 0 Å². The van der Waals surface area contributed by atoms with Crippen molar-refractivity contribution in [3.63, 3.8) is 0 Å². The normalized spacial score (nSPS) is 13.9. The molecule has 0 spiro atoms. The maximum Gasteiger partial charge on any atom is 0.300 e. The fraction of sp³-hybridized carbons (Fsp3) is 0.364. The third-order valence-electron chi connectivity index (χ3n) is 3.10. The highest BCUT2D eigenvalue weighted by Gasteiger charge is 2.23. The van der Waals surface area contributed by atoms with Crippen molar-refractivity contribution in [1.82, 2.24) is 9.55 Å². The summed E-state index contributed by atoms with van der Waals surface area (Å²) in [6.07, 6.45) is 1.93. The van der Waals surface area contributed by atoms with E-state index in [1.54, 1.807) is 0 Å². The van der Waals surface area contributed by atoms with Crippen LogP contribution in [0.5, 0.6) is 5.75 Å². The maximum absolute atomic E-state index is 11.0. The van der Waals surface area contributed by atoms with E-state index in [2.05, 4.69) is 4.98 Å². The van der Waals surface area contributed by atoms with Crippen molar-refractivity contribution in [3.8, 4) is 5.75 Å². The summed E-state index contributed by atoms with van der Waals surface area (Å²) in [5.74, 6) is 1.43. The maximum atomic E-state index is 11.0. The second-order valence-corrected chi connectivity index (χ2v) is 4.05. The van der Waals surface area contributed by atoms with Crippen molar-refractivity contribution in [3.05, 3.63) is 28.1 Å². The number of methoxy groups -OCH3 is 1. The van der Waals surface area contributed by atoms with Crippen LogP contribution in [0.2, 0.25) is 0 Å². The molecule has 3 rings (SSSR count). The van der Waals surface area contributed by atoms with Gasteiger partial charge in [-0.1, -0.05) is 0 Å². The molecular weight excluding hydrogens is 222 g/mol. The fourth-order valence-corrected chi connectivity index (χ4v) is 2.32. The number of non-ortho nitro benzene ring substituents is 1. The number of benzene rings is 1. The zero-order valence-electron chi connectivity index (χ0n) is 9.34. The third-order valence-corrected chi connectivity index (χ3v) is 3.10. The Morgan fingerprint density at radius 1 is 1.53 bits per heavy atom. The number of hydrogen-bond donors (Lipinski definition) is 0. The van der Waals surface area contributed by atoms with Gasteiger partial charge in [0.25, 0.3) is 0 Å². The van der Waals surface area contributed by atoms with Crippen molar-refractivity contribution in [2.24, 2.45) is 0 Å². The van der Waals surface area contributed by atoms with E-state index in [0.717, 1.165) is 30.7 Å². The average molecular weight is 233 g/mol. The lowest BCUT2D eigenvalue weighted by Gasteiger charge is -2.02. The largest absolute Gasteiger partial charge is 0.496 e. The monoisotopic (exact) mass is 233 g/mol. The minimum atomic E-state index is -0.409. The van der Waals surface area contributed by atoms with Gasteiger partial charge in [-0.15, -0.1) is 0 Å². The van der Waals surface area contributed by atoms with Crippen LogP contribution in [0.3, 0.4) is 0 Å². The zero-order valence-corrected chi connectivity index (χ0v) is 9.34. The molecule has 0 N–H and O–H groups in total. The summed E-state index contributed by atoms with van der Waals surface area (Å²) in [4.78, 5) is 15.0. The fourth-order valence-electron chi connectivity index (χ4n) is 2.32. The Labute approximate surface area is 97.0 Å². The molecule has 0 radical (unpaired) electrons. The first-order valence-electron chi connectivity index (χ1n) is 5.42. The molecule has 1 aromatic carbocycles. The number of fused-ring (bicyclic) bond motifs is 3. The van der Waals surface area contributed by atoms with E-state index in [-0.39, 0.29) is 5.69 Å². The molecule has 1 aliphatic rings. The molecule has 1 aliphatic heterocycles. The van der Waals surface area contributed by atoms with Crippen LogP contribution < -0.4 is 4.74 Å². The van der Waals surface area contributed by atoms with Crippen LogP contribution in [0.15, 0.2) is 12.1 Å². The first-order chi connectivity index (χ1) is 8.20. The number of aryl methyl sites for hydroxylation is 2. The van der Waals surface area contributed by atoms with Gasteiger partial charge >= 0.3 is 5.69 Å². The molecule has 0 saturated heterocycles. The minimum Gasteiger partial charge on any atom is -0.496 e. The van der Waals surface area contributed by atoms with Crippen LogP contribution in [0, 0.1) is 10.1 Å².